The Kier molecular flexibility index (Phi) is 5.03. The Bertz CT molecular complexity index is 1130. The average Bonchev–Trinajstić information content (AvgIpc) is 3.43. The molecule has 0 saturated carbocycles. The van der Waals surface area contributed by atoms with Crippen molar-refractivity contribution in [3.05, 3.63) is 54.4 Å². The number of anilines is 1. The maximum Gasteiger partial charge on any atom is 0.246 e. The molecule has 2 aliphatic heterocycles. The van der Waals surface area contributed by atoms with E-state index in [1.807, 2.05) is 24.3 Å². The predicted molar refractivity (Wildman–Crippen MR) is 114 cm³/mol. The van der Waals surface area contributed by atoms with Crippen LogP contribution in [0.3, 0.4) is 0 Å². The number of ether oxygens (including phenoxy) is 2. The van der Waals surface area contributed by atoms with Crippen molar-refractivity contribution in [2.24, 2.45) is 5.92 Å². The number of carbonyl (C=O) groups is 2. The summed E-state index contributed by atoms with van der Waals surface area (Å²) >= 11 is 0. The van der Waals surface area contributed by atoms with Gasteiger partial charge in [-0.15, -0.1) is 0 Å². The second-order valence-corrected chi connectivity index (χ2v) is 7.51. The van der Waals surface area contributed by atoms with Crippen molar-refractivity contribution in [2.75, 3.05) is 25.2 Å². The van der Waals surface area contributed by atoms with E-state index in [1.54, 1.807) is 29.2 Å². The van der Waals surface area contributed by atoms with Gasteiger partial charge in [0.1, 0.15) is 5.52 Å². The lowest BCUT2D eigenvalue weighted by atomic mass is 9.95. The Morgan fingerprint density at radius 1 is 1.06 bits per heavy atom. The fraction of sp³-hybridized carbons (Fsp3) is 0.261. The maximum atomic E-state index is 12.6. The van der Waals surface area contributed by atoms with Gasteiger partial charge < -0.3 is 24.1 Å². The molecule has 0 unspecified atom stereocenters. The van der Waals surface area contributed by atoms with Gasteiger partial charge >= 0.3 is 0 Å². The van der Waals surface area contributed by atoms with Crippen molar-refractivity contribution >= 4 is 34.7 Å². The Labute approximate surface area is 178 Å². The van der Waals surface area contributed by atoms with Crippen LogP contribution in [0.25, 0.3) is 17.2 Å². The van der Waals surface area contributed by atoms with Crippen LogP contribution < -0.4 is 14.8 Å². The van der Waals surface area contributed by atoms with Gasteiger partial charge in [-0.2, -0.15) is 0 Å². The van der Waals surface area contributed by atoms with E-state index in [1.165, 1.54) is 6.08 Å². The van der Waals surface area contributed by atoms with Crippen LogP contribution in [0.4, 0.5) is 5.69 Å². The maximum absolute atomic E-state index is 12.6. The topological polar surface area (TPSA) is 93.9 Å². The summed E-state index contributed by atoms with van der Waals surface area (Å²) < 4.78 is 16.2. The van der Waals surface area contributed by atoms with E-state index in [2.05, 4.69) is 10.3 Å². The van der Waals surface area contributed by atoms with E-state index in [-0.39, 0.29) is 24.5 Å². The van der Waals surface area contributed by atoms with Crippen molar-refractivity contribution < 1.29 is 23.5 Å². The molecule has 2 amide bonds. The van der Waals surface area contributed by atoms with E-state index in [0.29, 0.717) is 54.6 Å². The molecule has 8 nitrogen and oxygen atoms in total. The van der Waals surface area contributed by atoms with Gasteiger partial charge in [-0.25, -0.2) is 4.98 Å². The highest BCUT2D eigenvalue weighted by Gasteiger charge is 2.27. The summed E-state index contributed by atoms with van der Waals surface area (Å²) in [6.45, 7) is 1.24. The zero-order valence-corrected chi connectivity index (χ0v) is 16.7. The number of para-hydroxylation sites is 2. The average molecular weight is 419 g/mol. The summed E-state index contributed by atoms with van der Waals surface area (Å²) in [7, 11) is 0. The molecule has 0 bridgehead atoms. The van der Waals surface area contributed by atoms with Crippen LogP contribution in [-0.4, -0.2) is 41.6 Å². The van der Waals surface area contributed by atoms with Gasteiger partial charge in [0, 0.05) is 42.9 Å². The molecule has 0 spiro atoms. The molecular formula is C23H21N3O5. The first-order valence-corrected chi connectivity index (χ1v) is 10.2. The van der Waals surface area contributed by atoms with Crippen molar-refractivity contribution in [2.45, 2.75) is 12.8 Å². The lowest BCUT2D eigenvalue weighted by Crippen LogP contribution is -2.40. The molecule has 0 radical (unpaired) electrons. The number of benzene rings is 2. The third kappa shape index (κ3) is 4.09. The monoisotopic (exact) mass is 419 g/mol. The molecule has 2 aromatic carbocycles. The fourth-order valence-electron chi connectivity index (χ4n) is 3.79. The predicted octanol–water partition coefficient (Wildman–Crippen LogP) is 3.45. The molecule has 0 aliphatic carbocycles. The number of aromatic nitrogens is 1. The normalized spacial score (nSPS) is 16.2. The summed E-state index contributed by atoms with van der Waals surface area (Å²) in [5.41, 5.74) is 2.11. The number of carbonyl (C=O) groups excluding carboxylic acids is 2. The quantitative estimate of drug-likeness (QED) is 0.651. The highest BCUT2D eigenvalue weighted by atomic mass is 16.7. The molecule has 0 atom stereocenters. The van der Waals surface area contributed by atoms with Crippen molar-refractivity contribution in [1.29, 1.82) is 0 Å². The van der Waals surface area contributed by atoms with Crippen LogP contribution in [0.5, 0.6) is 11.5 Å². The fourth-order valence-corrected chi connectivity index (χ4v) is 3.79. The molecule has 1 N–H and O–H groups in total. The van der Waals surface area contributed by atoms with E-state index in [0.717, 1.165) is 5.52 Å². The molecule has 1 fully saturated rings. The number of nitrogens with zero attached hydrogens (tertiary/aromatic N) is 2. The Morgan fingerprint density at radius 3 is 2.71 bits per heavy atom. The standard InChI is InChI=1S/C23H21N3O5/c27-22(8-7-21-25-17-3-1-2-4-18(17)31-21)26-11-9-15(10-12-26)23(28)24-16-5-6-19-20(13-16)30-14-29-19/h1-8,13,15H,9-12,14H2,(H,24,28)/b8-7+. The SMILES string of the molecule is O=C(Nc1ccc2c(c1)OCO2)C1CCN(C(=O)/C=C/c2nc3ccccc3o2)CC1. The van der Waals surface area contributed by atoms with Gasteiger partial charge in [-0.05, 0) is 37.1 Å². The number of nitrogens with one attached hydrogen (secondary N) is 1. The number of oxazole rings is 1. The van der Waals surface area contributed by atoms with Crippen LogP contribution in [0.1, 0.15) is 18.7 Å². The van der Waals surface area contributed by atoms with Crippen LogP contribution in [0.2, 0.25) is 0 Å². The Balaban J connectivity index is 1.14. The van der Waals surface area contributed by atoms with Gasteiger partial charge in [-0.1, -0.05) is 12.1 Å². The van der Waals surface area contributed by atoms with Crippen LogP contribution in [-0.2, 0) is 9.59 Å². The molecule has 3 aromatic rings. The number of piperidine rings is 1. The Morgan fingerprint density at radius 2 is 1.87 bits per heavy atom. The minimum atomic E-state index is -0.143. The first kappa shape index (κ1) is 19.2. The summed E-state index contributed by atoms with van der Waals surface area (Å²) in [6, 6.07) is 12.8. The van der Waals surface area contributed by atoms with E-state index in [9.17, 15) is 9.59 Å². The third-order valence-corrected chi connectivity index (χ3v) is 5.50. The van der Waals surface area contributed by atoms with Crippen molar-refractivity contribution in [3.8, 4) is 11.5 Å². The zero-order chi connectivity index (χ0) is 21.2. The Hall–Kier alpha value is -3.81. The highest BCUT2D eigenvalue weighted by Crippen LogP contribution is 2.34. The molecule has 8 heteroatoms. The molecule has 5 rings (SSSR count). The molecule has 31 heavy (non-hydrogen) atoms. The molecule has 2 aliphatic rings. The minimum absolute atomic E-state index is 0.0482. The molecule has 1 aromatic heterocycles. The largest absolute Gasteiger partial charge is 0.454 e. The van der Waals surface area contributed by atoms with E-state index >= 15 is 0 Å². The number of amides is 2. The van der Waals surface area contributed by atoms with Crippen LogP contribution in [0.15, 0.2) is 53.0 Å². The van der Waals surface area contributed by atoms with E-state index < -0.39 is 0 Å². The first-order chi connectivity index (χ1) is 15.2. The summed E-state index contributed by atoms with van der Waals surface area (Å²) in [4.78, 5) is 31.2. The summed E-state index contributed by atoms with van der Waals surface area (Å²) in [6.07, 6.45) is 4.27. The van der Waals surface area contributed by atoms with Crippen LogP contribution >= 0.6 is 0 Å². The van der Waals surface area contributed by atoms with Gasteiger partial charge in [0.05, 0.1) is 0 Å². The molecule has 158 valence electrons. The number of fused-ring (bicyclic) bond motifs is 2. The first-order valence-electron chi connectivity index (χ1n) is 10.2. The third-order valence-electron chi connectivity index (χ3n) is 5.50. The van der Waals surface area contributed by atoms with Crippen LogP contribution in [0, 0.1) is 5.92 Å². The van der Waals surface area contributed by atoms with Gasteiger partial charge in [0.2, 0.25) is 24.5 Å². The van der Waals surface area contributed by atoms with Gasteiger partial charge in [0.25, 0.3) is 0 Å². The lowest BCUT2D eigenvalue weighted by molar-refractivity contribution is -0.130. The second kappa shape index (κ2) is 8.14. The van der Waals surface area contributed by atoms with Crippen molar-refractivity contribution in [3.63, 3.8) is 0 Å². The van der Waals surface area contributed by atoms with Crippen molar-refractivity contribution in [1.82, 2.24) is 9.88 Å². The summed E-state index contributed by atoms with van der Waals surface area (Å²) in [5, 5.41) is 2.93. The lowest BCUT2D eigenvalue weighted by Gasteiger charge is -2.30. The highest BCUT2D eigenvalue weighted by molar-refractivity contribution is 5.94. The smallest absolute Gasteiger partial charge is 0.246 e. The number of hydrogen-bond donors (Lipinski definition) is 1. The molecule has 3 heterocycles. The number of likely N-dealkylation sites (tertiary alicyclic amines) is 1. The van der Waals surface area contributed by atoms with Gasteiger partial charge in [-0.3, -0.25) is 9.59 Å². The molecular weight excluding hydrogens is 398 g/mol. The second-order valence-electron chi connectivity index (χ2n) is 7.51. The minimum Gasteiger partial charge on any atom is -0.454 e. The molecule has 1 saturated heterocycles. The zero-order valence-electron chi connectivity index (χ0n) is 16.7. The number of hydrogen-bond acceptors (Lipinski definition) is 6. The summed E-state index contributed by atoms with van der Waals surface area (Å²) in [5.74, 6) is 1.40. The number of rotatable bonds is 4. The van der Waals surface area contributed by atoms with Gasteiger partial charge in [0.15, 0.2) is 17.1 Å². The van der Waals surface area contributed by atoms with E-state index in [4.69, 9.17) is 13.9 Å².